The molecule has 1 aliphatic heterocycles. The van der Waals surface area contributed by atoms with Crippen molar-refractivity contribution < 1.29 is 9.18 Å². The van der Waals surface area contributed by atoms with Gasteiger partial charge in [0.25, 0.3) is 5.91 Å². The maximum Gasteiger partial charge on any atom is 0.254 e. The van der Waals surface area contributed by atoms with E-state index in [1.54, 1.807) is 18.2 Å². The lowest BCUT2D eigenvalue weighted by Crippen LogP contribution is -2.54. The zero-order valence-corrected chi connectivity index (χ0v) is 20.1. The first-order valence-corrected chi connectivity index (χ1v) is 12.0. The van der Waals surface area contributed by atoms with Crippen molar-refractivity contribution in [3.63, 3.8) is 0 Å². The van der Waals surface area contributed by atoms with Gasteiger partial charge in [-0.05, 0) is 50.2 Å². The summed E-state index contributed by atoms with van der Waals surface area (Å²) in [5.41, 5.74) is 3.59. The van der Waals surface area contributed by atoms with Gasteiger partial charge in [-0.1, -0.05) is 42.0 Å². The highest BCUT2D eigenvalue weighted by Crippen LogP contribution is 2.30. The molecule has 8 heteroatoms. The summed E-state index contributed by atoms with van der Waals surface area (Å²) in [5.74, 6) is 0.700. The van der Waals surface area contributed by atoms with Crippen molar-refractivity contribution in [3.8, 4) is 11.4 Å². The van der Waals surface area contributed by atoms with Crippen molar-refractivity contribution in [2.75, 3.05) is 24.5 Å². The topological polar surface area (TPSA) is 66.6 Å². The van der Waals surface area contributed by atoms with Crippen molar-refractivity contribution in [1.82, 2.24) is 24.5 Å². The molecule has 0 spiro atoms. The zero-order valence-electron chi connectivity index (χ0n) is 20.1. The molecule has 6 rings (SSSR count). The Morgan fingerprint density at radius 3 is 2.47 bits per heavy atom. The van der Waals surface area contributed by atoms with Crippen LogP contribution in [0.5, 0.6) is 0 Å². The summed E-state index contributed by atoms with van der Waals surface area (Å²) in [5, 5.41) is 9.67. The molecule has 3 heterocycles. The van der Waals surface area contributed by atoms with Gasteiger partial charge in [0, 0.05) is 36.6 Å². The Morgan fingerprint density at radius 1 is 0.944 bits per heavy atom. The number of aryl methyl sites for hydroxylation is 1. The van der Waals surface area contributed by atoms with Crippen LogP contribution in [0.2, 0.25) is 0 Å². The number of carbonyl (C=O) groups excluding carboxylic acids is 1. The second kappa shape index (κ2) is 8.71. The van der Waals surface area contributed by atoms with E-state index in [0.717, 1.165) is 16.5 Å². The van der Waals surface area contributed by atoms with Crippen LogP contribution in [-0.2, 0) is 0 Å². The van der Waals surface area contributed by atoms with E-state index < -0.39 is 0 Å². The number of hydrogen-bond acceptors (Lipinski definition) is 5. The highest BCUT2D eigenvalue weighted by Gasteiger charge is 2.31. The number of piperazine rings is 1. The number of rotatable bonds is 3. The van der Waals surface area contributed by atoms with E-state index in [9.17, 15) is 9.18 Å². The van der Waals surface area contributed by atoms with Crippen LogP contribution in [0.25, 0.3) is 27.9 Å². The number of benzene rings is 3. The van der Waals surface area contributed by atoms with E-state index in [-0.39, 0.29) is 17.8 Å². The predicted octanol–water partition coefficient (Wildman–Crippen LogP) is 4.74. The minimum Gasteiger partial charge on any atom is -0.338 e. The molecule has 0 N–H and O–H groups in total. The molecule has 0 radical (unpaired) electrons. The summed E-state index contributed by atoms with van der Waals surface area (Å²) in [7, 11) is 0. The van der Waals surface area contributed by atoms with Gasteiger partial charge < -0.3 is 9.80 Å². The average molecular weight is 481 g/mol. The Morgan fingerprint density at radius 2 is 1.69 bits per heavy atom. The predicted molar refractivity (Wildman–Crippen MR) is 138 cm³/mol. The third-order valence-electron chi connectivity index (χ3n) is 6.81. The first-order valence-electron chi connectivity index (χ1n) is 12.0. The lowest BCUT2D eigenvalue weighted by atomic mass is 10.1. The molecule has 1 atom stereocenters. The second-order valence-corrected chi connectivity index (χ2v) is 9.25. The Kier molecular flexibility index (Phi) is 5.36. The molecule has 2 aromatic heterocycles. The van der Waals surface area contributed by atoms with E-state index >= 15 is 0 Å². The molecule has 1 fully saturated rings. The largest absolute Gasteiger partial charge is 0.338 e. The fourth-order valence-corrected chi connectivity index (χ4v) is 4.90. The second-order valence-electron chi connectivity index (χ2n) is 9.25. The number of hydrogen-bond donors (Lipinski definition) is 0. The Labute approximate surface area is 207 Å². The number of fused-ring (bicyclic) bond motifs is 3. The summed E-state index contributed by atoms with van der Waals surface area (Å²) in [6, 6.07) is 21.9. The number of aromatic nitrogens is 4. The molecule has 0 saturated carbocycles. The first kappa shape index (κ1) is 22.2. The standard InChI is InChI=1S/C28H25FN6O/c1-18-11-13-20(14-12-18)27(36)34-16-15-33(17-19(34)2)28-30-24-10-6-4-8-22(24)26-32-31-25(35(26)28)21-7-3-5-9-23(21)29/h3-14,19H,15-17H2,1-2H3. The van der Waals surface area contributed by atoms with Crippen molar-refractivity contribution in [3.05, 3.63) is 89.7 Å². The third-order valence-corrected chi connectivity index (χ3v) is 6.81. The molecule has 36 heavy (non-hydrogen) atoms. The fraction of sp³-hybridized carbons (Fsp3) is 0.214. The highest BCUT2D eigenvalue weighted by atomic mass is 19.1. The number of para-hydroxylation sites is 1. The lowest BCUT2D eigenvalue weighted by Gasteiger charge is -2.40. The molecule has 7 nitrogen and oxygen atoms in total. The number of carbonyl (C=O) groups is 1. The molecule has 0 bridgehead atoms. The van der Waals surface area contributed by atoms with E-state index in [1.807, 2.05) is 71.7 Å². The maximum absolute atomic E-state index is 14.8. The summed E-state index contributed by atoms with van der Waals surface area (Å²) in [6.07, 6.45) is 0. The molecule has 1 aliphatic rings. The number of nitrogens with zero attached hydrogens (tertiary/aromatic N) is 6. The van der Waals surface area contributed by atoms with Gasteiger partial charge in [0.2, 0.25) is 5.95 Å². The molecule has 0 aliphatic carbocycles. The average Bonchev–Trinajstić information content (AvgIpc) is 3.34. The summed E-state index contributed by atoms with van der Waals surface area (Å²) in [4.78, 5) is 22.2. The number of amides is 1. The summed E-state index contributed by atoms with van der Waals surface area (Å²) >= 11 is 0. The molecule has 1 amide bonds. The summed E-state index contributed by atoms with van der Waals surface area (Å²) in [6.45, 7) is 5.75. The minimum absolute atomic E-state index is 0.0233. The van der Waals surface area contributed by atoms with Gasteiger partial charge in [0.15, 0.2) is 11.5 Å². The molecule has 3 aromatic carbocycles. The number of anilines is 1. The van der Waals surface area contributed by atoms with Crippen LogP contribution in [0, 0.1) is 12.7 Å². The smallest absolute Gasteiger partial charge is 0.254 e. The van der Waals surface area contributed by atoms with Crippen LogP contribution in [0.15, 0.2) is 72.8 Å². The van der Waals surface area contributed by atoms with Gasteiger partial charge in [0.05, 0.1) is 11.1 Å². The molecule has 5 aromatic rings. The van der Waals surface area contributed by atoms with Gasteiger partial charge in [-0.15, -0.1) is 10.2 Å². The normalized spacial score (nSPS) is 16.1. The first-order chi connectivity index (χ1) is 17.5. The number of halogens is 1. The van der Waals surface area contributed by atoms with E-state index in [1.165, 1.54) is 6.07 Å². The van der Waals surface area contributed by atoms with Gasteiger partial charge in [-0.3, -0.25) is 4.79 Å². The SMILES string of the molecule is Cc1ccc(C(=O)N2CCN(c3nc4ccccc4c4nnc(-c5ccccc5F)n34)CC2C)cc1. The Bertz CT molecular complexity index is 1600. The van der Waals surface area contributed by atoms with Crippen LogP contribution in [0.3, 0.4) is 0 Å². The van der Waals surface area contributed by atoms with Crippen molar-refractivity contribution >= 4 is 28.4 Å². The van der Waals surface area contributed by atoms with E-state index in [2.05, 4.69) is 15.1 Å². The van der Waals surface area contributed by atoms with Gasteiger partial charge in [-0.25, -0.2) is 13.8 Å². The van der Waals surface area contributed by atoms with E-state index in [4.69, 9.17) is 4.98 Å². The van der Waals surface area contributed by atoms with Crippen molar-refractivity contribution in [2.24, 2.45) is 0 Å². The van der Waals surface area contributed by atoms with Gasteiger partial charge >= 0.3 is 0 Å². The molecular weight excluding hydrogens is 455 g/mol. The van der Waals surface area contributed by atoms with Crippen molar-refractivity contribution in [2.45, 2.75) is 19.9 Å². The van der Waals surface area contributed by atoms with Crippen molar-refractivity contribution in [1.29, 1.82) is 0 Å². The van der Waals surface area contributed by atoms with Gasteiger partial charge in [-0.2, -0.15) is 0 Å². The Balaban J connectivity index is 1.41. The third kappa shape index (κ3) is 3.66. The van der Waals surface area contributed by atoms with E-state index in [0.29, 0.717) is 48.2 Å². The highest BCUT2D eigenvalue weighted by molar-refractivity contribution is 5.95. The van der Waals surface area contributed by atoms with Gasteiger partial charge in [0.1, 0.15) is 5.82 Å². The minimum atomic E-state index is -0.368. The van der Waals surface area contributed by atoms with Crippen LogP contribution < -0.4 is 4.90 Å². The molecule has 1 unspecified atom stereocenters. The lowest BCUT2D eigenvalue weighted by molar-refractivity contribution is 0.0673. The van der Waals surface area contributed by atoms with Crippen LogP contribution >= 0.6 is 0 Å². The molecule has 180 valence electrons. The van der Waals surface area contributed by atoms with Crippen LogP contribution in [0.4, 0.5) is 10.3 Å². The van der Waals surface area contributed by atoms with Crippen LogP contribution in [-0.4, -0.2) is 56.1 Å². The molecular formula is C28H25FN6O. The Hall–Kier alpha value is -4.33. The maximum atomic E-state index is 14.8. The fourth-order valence-electron chi connectivity index (χ4n) is 4.90. The summed E-state index contributed by atoms with van der Waals surface area (Å²) < 4.78 is 16.6. The molecule has 1 saturated heterocycles. The quantitative estimate of drug-likeness (QED) is 0.373. The van der Waals surface area contributed by atoms with Crippen LogP contribution in [0.1, 0.15) is 22.8 Å². The zero-order chi connectivity index (χ0) is 24.8. The monoisotopic (exact) mass is 480 g/mol.